The van der Waals surface area contributed by atoms with Gasteiger partial charge in [0.2, 0.25) is 0 Å². The standard InChI is InChI=1S/C6B2Br4F4/c9-7(10)1-3(13)5(15)2(8(11)12)6(16)4(1)14. The average molecular weight is 489 g/mol. The molecule has 0 aliphatic rings. The third-order valence-electron chi connectivity index (χ3n) is 1.77. The molecular weight excluding hydrogens is 489 g/mol. The van der Waals surface area contributed by atoms with Gasteiger partial charge in [0.15, 0.2) is 23.3 Å². The van der Waals surface area contributed by atoms with Crippen LogP contribution < -0.4 is 10.9 Å². The molecule has 16 heavy (non-hydrogen) atoms. The van der Waals surface area contributed by atoms with Crippen molar-refractivity contribution >= 4 is 82.7 Å². The molecule has 0 saturated carbocycles. The second-order valence-electron chi connectivity index (χ2n) is 2.68. The lowest BCUT2D eigenvalue weighted by Gasteiger charge is -2.11. The smallest absolute Gasteiger partial charge is 0.204 e. The van der Waals surface area contributed by atoms with Gasteiger partial charge in [0.1, 0.15) is 0 Å². The van der Waals surface area contributed by atoms with E-state index in [9.17, 15) is 17.6 Å². The Morgan fingerprint density at radius 3 is 0.875 bits per heavy atom. The van der Waals surface area contributed by atoms with Crippen molar-refractivity contribution in [2.45, 2.75) is 0 Å². The second kappa shape index (κ2) is 5.75. The summed E-state index contributed by atoms with van der Waals surface area (Å²) in [4.78, 5) is 0. The highest BCUT2D eigenvalue weighted by molar-refractivity contribution is 9.50. The molecule has 0 atom stereocenters. The monoisotopic (exact) mass is 486 g/mol. The van der Waals surface area contributed by atoms with Crippen LogP contribution in [0.4, 0.5) is 17.6 Å². The van der Waals surface area contributed by atoms with Gasteiger partial charge in [0.25, 0.3) is 0 Å². The lowest BCUT2D eigenvalue weighted by molar-refractivity contribution is 0.473. The van der Waals surface area contributed by atoms with Crippen LogP contribution >= 0.6 is 63.0 Å². The Labute approximate surface area is 123 Å². The van der Waals surface area contributed by atoms with E-state index in [0.717, 1.165) is 0 Å². The molecule has 0 amide bonds. The first-order valence-corrected chi connectivity index (χ1v) is 7.37. The highest BCUT2D eigenvalue weighted by atomic mass is 79.9. The van der Waals surface area contributed by atoms with Gasteiger partial charge in [-0.2, -0.15) is 0 Å². The zero-order chi connectivity index (χ0) is 12.6. The molecule has 0 bridgehead atoms. The maximum Gasteiger partial charge on any atom is 0.335 e. The van der Waals surface area contributed by atoms with Crippen LogP contribution in [0.15, 0.2) is 0 Å². The molecule has 0 radical (unpaired) electrons. The van der Waals surface area contributed by atoms with Gasteiger partial charge >= 0.3 is 8.72 Å². The van der Waals surface area contributed by atoms with Crippen molar-refractivity contribution in [3.63, 3.8) is 0 Å². The molecule has 0 saturated heterocycles. The summed E-state index contributed by atoms with van der Waals surface area (Å²) in [6.45, 7) is 0. The normalized spacial score (nSPS) is 10.5. The summed E-state index contributed by atoms with van der Waals surface area (Å²) < 4.78 is 51.7. The molecule has 0 nitrogen and oxygen atoms in total. The van der Waals surface area contributed by atoms with Gasteiger partial charge in [-0.05, 0) is 0 Å². The molecule has 0 unspecified atom stereocenters. The Kier molecular flexibility index (Phi) is 5.41. The van der Waals surface area contributed by atoms with Crippen LogP contribution in [0.1, 0.15) is 0 Å². The molecule has 86 valence electrons. The summed E-state index contributed by atoms with van der Waals surface area (Å²) in [5.41, 5.74) is -1.47. The Balaban J connectivity index is 3.63. The number of hydrogen-bond donors (Lipinski definition) is 0. The van der Waals surface area contributed by atoms with Crippen molar-refractivity contribution < 1.29 is 17.6 Å². The van der Waals surface area contributed by atoms with E-state index in [4.69, 9.17) is 0 Å². The van der Waals surface area contributed by atoms with E-state index in [-0.39, 0.29) is 0 Å². The summed E-state index contributed by atoms with van der Waals surface area (Å²) >= 11 is 11.2. The van der Waals surface area contributed by atoms with E-state index in [0.29, 0.717) is 0 Å². The molecular formula is C6B2Br4F4. The number of rotatable bonds is 2. The van der Waals surface area contributed by atoms with Crippen LogP contribution in [0, 0.1) is 23.3 Å². The SMILES string of the molecule is Fc1c(F)c(B(Br)Br)c(F)c(F)c1B(Br)Br. The van der Waals surface area contributed by atoms with Crippen molar-refractivity contribution in [3.05, 3.63) is 23.3 Å². The van der Waals surface area contributed by atoms with E-state index in [2.05, 4.69) is 63.0 Å². The van der Waals surface area contributed by atoms with Gasteiger partial charge in [-0.25, -0.2) is 17.6 Å². The first kappa shape index (κ1) is 15.0. The molecule has 0 spiro atoms. The lowest BCUT2D eigenvalue weighted by atomic mass is 9.85. The number of halogens is 8. The third kappa shape index (κ3) is 2.70. The Bertz CT molecular complexity index is 357. The Morgan fingerprint density at radius 2 is 0.750 bits per heavy atom. The van der Waals surface area contributed by atoms with Gasteiger partial charge in [0.05, 0.1) is 0 Å². The predicted molar refractivity (Wildman–Crippen MR) is 72.8 cm³/mol. The predicted octanol–water partition coefficient (Wildman–Crippen LogP) is 3.21. The van der Waals surface area contributed by atoms with Crippen LogP contribution in [0.25, 0.3) is 0 Å². The maximum atomic E-state index is 13.4. The van der Waals surface area contributed by atoms with E-state index in [1.807, 2.05) is 0 Å². The van der Waals surface area contributed by atoms with Gasteiger partial charge in [0, 0.05) is 10.9 Å². The molecule has 0 N–H and O–H groups in total. The molecule has 1 aromatic carbocycles. The molecule has 1 aromatic rings. The van der Waals surface area contributed by atoms with Crippen molar-refractivity contribution in [1.82, 2.24) is 0 Å². The third-order valence-corrected chi connectivity index (χ3v) is 3.60. The molecule has 0 aliphatic heterocycles. The highest BCUT2D eigenvalue weighted by Gasteiger charge is 2.32. The highest BCUT2D eigenvalue weighted by Crippen LogP contribution is 2.17. The minimum atomic E-state index is -1.43. The number of benzene rings is 1. The lowest BCUT2D eigenvalue weighted by Crippen LogP contribution is -2.38. The van der Waals surface area contributed by atoms with Crippen molar-refractivity contribution in [2.24, 2.45) is 0 Å². The molecule has 0 aliphatic carbocycles. The van der Waals surface area contributed by atoms with Crippen LogP contribution in [0.3, 0.4) is 0 Å². The van der Waals surface area contributed by atoms with Crippen molar-refractivity contribution in [1.29, 1.82) is 0 Å². The summed E-state index contributed by atoms with van der Waals surface area (Å²) in [6, 6.07) is 0. The Morgan fingerprint density at radius 1 is 0.562 bits per heavy atom. The van der Waals surface area contributed by atoms with Crippen molar-refractivity contribution in [3.8, 4) is 0 Å². The quantitative estimate of drug-likeness (QED) is 0.340. The minimum Gasteiger partial charge on any atom is -0.204 e. The average Bonchev–Trinajstić information content (AvgIpc) is 2.14. The fourth-order valence-electron chi connectivity index (χ4n) is 1.05. The van der Waals surface area contributed by atoms with Crippen molar-refractivity contribution in [2.75, 3.05) is 0 Å². The summed E-state index contributed by atoms with van der Waals surface area (Å²) in [5.74, 6) is -5.74. The topological polar surface area (TPSA) is 0 Å². The largest absolute Gasteiger partial charge is 0.335 e. The molecule has 1 rings (SSSR count). The second-order valence-corrected chi connectivity index (χ2v) is 8.80. The summed E-state index contributed by atoms with van der Waals surface area (Å²) in [5, 5.41) is 0. The van der Waals surface area contributed by atoms with E-state index >= 15 is 0 Å². The van der Waals surface area contributed by atoms with Crippen LogP contribution in [0.2, 0.25) is 0 Å². The van der Waals surface area contributed by atoms with Crippen LogP contribution in [0.5, 0.6) is 0 Å². The fraction of sp³-hybridized carbons (Fsp3) is 0. The first-order chi connectivity index (χ1) is 7.29. The summed E-state index contributed by atoms with van der Waals surface area (Å²) in [7, 11) is 0. The molecule has 0 aromatic heterocycles. The van der Waals surface area contributed by atoms with E-state index in [1.165, 1.54) is 0 Å². The van der Waals surface area contributed by atoms with Gasteiger partial charge < -0.3 is 0 Å². The van der Waals surface area contributed by atoms with Crippen LogP contribution in [-0.4, -0.2) is 8.72 Å². The van der Waals surface area contributed by atoms with Gasteiger partial charge in [-0.3, -0.25) is 0 Å². The van der Waals surface area contributed by atoms with E-state index in [1.54, 1.807) is 0 Å². The zero-order valence-corrected chi connectivity index (χ0v) is 13.5. The first-order valence-electron chi connectivity index (χ1n) is 3.71. The molecule has 0 fully saturated rings. The minimum absolute atomic E-state index is 0.737. The molecule has 0 heterocycles. The molecule has 10 heteroatoms. The maximum absolute atomic E-state index is 13.4. The van der Waals surface area contributed by atoms with Gasteiger partial charge in [-0.15, -0.1) is 63.0 Å². The summed E-state index contributed by atoms with van der Waals surface area (Å²) in [6.07, 6.45) is 0. The van der Waals surface area contributed by atoms with Gasteiger partial charge in [-0.1, -0.05) is 0 Å². The zero-order valence-electron chi connectivity index (χ0n) is 7.18. The van der Waals surface area contributed by atoms with Crippen LogP contribution in [-0.2, 0) is 0 Å². The van der Waals surface area contributed by atoms with E-state index < -0.39 is 42.9 Å². The Hall–Kier alpha value is 0.990. The fourth-order valence-corrected chi connectivity index (χ4v) is 2.66. The number of hydrogen-bond acceptors (Lipinski definition) is 0.